The topological polar surface area (TPSA) is 161 Å². The first-order chi connectivity index (χ1) is 52.7. The number of hydrogen-bond donors (Lipinski definition) is 0. The molecular weight excluding hydrogens is 1420 g/mol. The van der Waals surface area contributed by atoms with Crippen molar-refractivity contribution in [1.29, 1.82) is 0 Å². The van der Waals surface area contributed by atoms with Crippen LogP contribution in [-0.2, 0) is 48.7 Å². The van der Waals surface area contributed by atoms with E-state index in [-0.39, 0.29) is 48.7 Å². The third-order valence-corrected chi connectivity index (χ3v) is 19.4. The average molecular weight is 1570 g/mol. The van der Waals surface area contributed by atoms with Gasteiger partial charge in [0, 0.05) is 113 Å². The predicted molar refractivity (Wildman–Crippen MR) is 489 cm³/mol. The lowest BCUT2D eigenvalue weighted by Gasteiger charge is -2.18. The lowest BCUT2D eigenvalue weighted by molar-refractivity contribution is 0.396. The van der Waals surface area contributed by atoms with Crippen LogP contribution >= 0.6 is 0 Å². The summed E-state index contributed by atoms with van der Waals surface area (Å²) in [5.74, 6) is 2.92. The molecule has 0 bridgehead atoms. The van der Waals surface area contributed by atoms with E-state index in [0.29, 0.717) is 23.2 Å². The molecule has 2 saturated carbocycles. The first-order valence-corrected chi connectivity index (χ1v) is 41.2. The fourth-order valence-electron chi connectivity index (χ4n) is 10.2. The van der Waals surface area contributed by atoms with Gasteiger partial charge in [-0.3, -0.25) is 39.6 Å². The zero-order valence-electron chi connectivity index (χ0n) is 78.9. The molecule has 0 amide bonds. The van der Waals surface area contributed by atoms with Gasteiger partial charge in [0.15, 0.2) is 0 Å². The number of aryl methyl sites for hydroxylation is 4. The second kappa shape index (κ2) is 43.4. The van der Waals surface area contributed by atoms with E-state index < -0.39 is 0 Å². The Hall–Kier alpha value is -8.78. The molecule has 1 aliphatic heterocycles. The molecule has 2 fully saturated rings. The Labute approximate surface area is 699 Å². The fraction of sp³-hybridized carbons (Fsp3) is 0.545. The maximum absolute atomic E-state index is 5.02. The molecule has 0 radical (unpaired) electrons. The molecule has 12 rings (SSSR count). The highest BCUT2D eigenvalue weighted by atomic mass is 16.5. The second-order valence-corrected chi connectivity index (χ2v) is 40.8. The summed E-state index contributed by atoms with van der Waals surface area (Å²) in [6.07, 6.45) is 27.0. The molecule has 0 N–H and O–H groups in total. The summed E-state index contributed by atoms with van der Waals surface area (Å²) >= 11 is 0. The summed E-state index contributed by atoms with van der Waals surface area (Å²) in [6.45, 7) is 76.7. The molecule has 14 heteroatoms. The number of hydrogen-bond acceptors (Lipinski definition) is 13. The Morgan fingerprint density at radius 3 is 0.809 bits per heavy atom. The normalized spacial score (nSPS) is 13.5. The van der Waals surface area contributed by atoms with Gasteiger partial charge in [-0.2, -0.15) is 5.10 Å². The SMILES string of the molecule is CC(C)(C)c1ccc(C2CC2)nc1.CC(C)(C)c1cnn(C2CC2)c1.CC1=NCC(C(C)(C)C)=C1.COc1ccc(C(C)(C)C)cn1.COc1ccc(C(C)(C)C)cn1.COc1ccc(C(C)(C)C)nc1.Cc1ccc(C(C)(C)C)cn1.Cc1ccc(C(C)(C)C)cn1.Cc1ccc(C(C)(C)C)cn1.Cc1ccc(C(C)(C)C)cn1. The smallest absolute Gasteiger partial charge is 0.212 e. The fourth-order valence-corrected chi connectivity index (χ4v) is 10.2. The molecule has 9 aromatic rings. The zero-order chi connectivity index (χ0) is 87.5. The van der Waals surface area contributed by atoms with E-state index in [9.17, 15) is 0 Å². The highest BCUT2D eigenvalue weighted by Crippen LogP contribution is 2.40. The molecule has 3 aliphatic rings. The van der Waals surface area contributed by atoms with Crippen LogP contribution in [0.15, 0.2) is 176 Å². The molecule has 10 heterocycles. The van der Waals surface area contributed by atoms with Crippen LogP contribution in [-0.4, -0.2) is 83.2 Å². The minimum absolute atomic E-state index is 0.117. The monoisotopic (exact) mass is 1570 g/mol. The minimum atomic E-state index is 0.117. The molecule has 0 atom stereocenters. The van der Waals surface area contributed by atoms with Gasteiger partial charge in [-0.25, -0.2) is 9.97 Å². The van der Waals surface area contributed by atoms with Crippen LogP contribution in [0.4, 0.5) is 0 Å². The summed E-state index contributed by atoms with van der Waals surface area (Å²) in [5.41, 5.74) is 21.7. The summed E-state index contributed by atoms with van der Waals surface area (Å²) in [7, 11) is 4.89. The van der Waals surface area contributed by atoms with Crippen molar-refractivity contribution in [2.24, 2.45) is 10.4 Å². The van der Waals surface area contributed by atoms with Crippen LogP contribution in [0.2, 0.25) is 0 Å². The van der Waals surface area contributed by atoms with E-state index in [4.69, 9.17) is 14.2 Å². The summed E-state index contributed by atoms with van der Waals surface area (Å²) in [6, 6.07) is 33.7. The molecular formula is C101H153N11O3. The van der Waals surface area contributed by atoms with Crippen molar-refractivity contribution in [3.05, 3.63) is 249 Å². The van der Waals surface area contributed by atoms with E-state index in [1.165, 1.54) is 87.2 Å². The quantitative estimate of drug-likeness (QED) is 0.161. The molecule has 9 aromatic heterocycles. The maximum atomic E-state index is 5.02. The number of aliphatic imine (C=N–C) groups is 1. The van der Waals surface area contributed by atoms with Gasteiger partial charge in [0.05, 0.1) is 46.3 Å². The van der Waals surface area contributed by atoms with Gasteiger partial charge in [-0.15, -0.1) is 0 Å². The van der Waals surface area contributed by atoms with Crippen molar-refractivity contribution in [1.82, 2.24) is 49.7 Å². The number of nitrogens with zero attached hydrogens (tertiary/aromatic N) is 11. The highest BCUT2D eigenvalue weighted by molar-refractivity contribution is 5.95. The van der Waals surface area contributed by atoms with Crippen LogP contribution in [0.3, 0.4) is 0 Å². The average Bonchev–Trinajstić information content (AvgIpc) is 1.67. The van der Waals surface area contributed by atoms with Crippen LogP contribution in [0.25, 0.3) is 0 Å². The summed E-state index contributed by atoms with van der Waals surface area (Å²) < 4.78 is 17.1. The standard InChI is InChI=1S/C12H17N.C10H16N2.3C10H15NO.4C10H15N.C9H15N/c1-12(2,3)10-6-7-11(13-8-10)9-4-5-9;1-10(2,3)8-6-11-12(7-8)9-4-5-9;1-10(2,3)9-6-5-8(12-4)7-11-9;2*1-10(2,3)8-5-6-9(12-4)11-7-8;4*1-8-5-6-9(7-11-8)10(2,3)4;1-7-5-8(6-10-7)9(2,3)4/h6-9H,4-5H2,1-3H3;6-7,9H,4-5H2,1-3H3;3*5-7H,1-4H3;4*5-7H,1-4H3;5H,6H2,1-4H3. The summed E-state index contributed by atoms with van der Waals surface area (Å²) in [4.78, 5) is 38.4. The van der Waals surface area contributed by atoms with Crippen LogP contribution in [0.1, 0.15) is 331 Å². The van der Waals surface area contributed by atoms with Gasteiger partial charge >= 0.3 is 0 Å². The Balaban J connectivity index is 0.000000331. The predicted octanol–water partition coefficient (Wildman–Crippen LogP) is 26.1. The molecule has 115 heavy (non-hydrogen) atoms. The van der Waals surface area contributed by atoms with Crippen molar-refractivity contribution < 1.29 is 14.2 Å². The first kappa shape index (κ1) is 100. The van der Waals surface area contributed by atoms with Gasteiger partial charge in [0.1, 0.15) is 5.75 Å². The molecule has 630 valence electrons. The number of rotatable bonds is 5. The molecule has 14 nitrogen and oxygen atoms in total. The van der Waals surface area contributed by atoms with Crippen molar-refractivity contribution in [2.75, 3.05) is 27.9 Å². The Morgan fingerprint density at radius 1 is 0.296 bits per heavy atom. The third kappa shape index (κ3) is 39.1. The van der Waals surface area contributed by atoms with E-state index in [2.05, 4.69) is 342 Å². The largest absolute Gasteiger partial charge is 0.495 e. The summed E-state index contributed by atoms with van der Waals surface area (Å²) in [5, 5.41) is 4.36. The van der Waals surface area contributed by atoms with Crippen molar-refractivity contribution in [3.63, 3.8) is 0 Å². The van der Waals surface area contributed by atoms with Crippen molar-refractivity contribution >= 4 is 5.71 Å². The van der Waals surface area contributed by atoms with Crippen LogP contribution in [0.5, 0.6) is 17.5 Å². The molecule has 0 aromatic carbocycles. The van der Waals surface area contributed by atoms with Crippen LogP contribution < -0.4 is 14.2 Å². The molecule has 0 unspecified atom stereocenters. The van der Waals surface area contributed by atoms with Gasteiger partial charge < -0.3 is 14.2 Å². The first-order valence-electron chi connectivity index (χ1n) is 41.2. The number of methoxy groups -OCH3 is 3. The van der Waals surface area contributed by atoms with Crippen molar-refractivity contribution in [2.45, 2.75) is 329 Å². The second-order valence-electron chi connectivity index (χ2n) is 40.8. The highest BCUT2D eigenvalue weighted by Gasteiger charge is 2.28. The van der Waals surface area contributed by atoms with Gasteiger partial charge in [0.2, 0.25) is 11.8 Å². The number of aromatic nitrogens is 10. The third-order valence-electron chi connectivity index (χ3n) is 19.4. The van der Waals surface area contributed by atoms with Gasteiger partial charge in [-0.1, -0.05) is 250 Å². The lowest BCUT2D eigenvalue weighted by atomic mass is 9.87. The number of pyridine rings is 8. The molecule has 2 aliphatic carbocycles. The van der Waals surface area contributed by atoms with Gasteiger partial charge in [0.25, 0.3) is 0 Å². The minimum Gasteiger partial charge on any atom is -0.495 e. The van der Waals surface area contributed by atoms with E-state index in [1.807, 2.05) is 114 Å². The Morgan fingerprint density at radius 2 is 0.617 bits per heavy atom. The van der Waals surface area contributed by atoms with E-state index >= 15 is 0 Å². The molecule has 0 saturated heterocycles. The maximum Gasteiger partial charge on any atom is 0.212 e. The van der Waals surface area contributed by atoms with Crippen molar-refractivity contribution in [3.8, 4) is 17.5 Å². The number of allylic oxidation sites excluding steroid dienone is 1. The number of ether oxygens (including phenoxy) is 3. The van der Waals surface area contributed by atoms with E-state index in [1.54, 1.807) is 27.5 Å². The van der Waals surface area contributed by atoms with E-state index in [0.717, 1.165) is 46.7 Å². The lowest BCUT2D eigenvalue weighted by Crippen LogP contribution is -2.12. The molecule has 0 spiro atoms. The Kier molecular flexibility index (Phi) is 37.9. The van der Waals surface area contributed by atoms with Crippen LogP contribution in [0, 0.1) is 33.1 Å². The Bertz CT molecular complexity index is 3930. The zero-order valence-corrected chi connectivity index (χ0v) is 78.9. The van der Waals surface area contributed by atoms with Gasteiger partial charge in [-0.05, 0) is 208 Å².